The lowest BCUT2D eigenvalue weighted by molar-refractivity contribution is 0.0706. The van der Waals surface area contributed by atoms with Crippen LogP contribution in [-0.2, 0) is 0 Å². The first kappa shape index (κ1) is 10.7. The second kappa shape index (κ2) is 4.35. The van der Waals surface area contributed by atoms with Crippen molar-refractivity contribution in [3.8, 4) is 0 Å². The molecule has 1 aliphatic rings. The standard InChI is InChI=1S/C12H17NOS/c1-9(2)10-5-3-7-13(10)12(14)11-6-4-8-15-11/h4,6,8-10H,3,5,7H2,1-2H3. The molecule has 0 spiro atoms. The third-order valence-corrected chi connectivity index (χ3v) is 3.92. The van der Waals surface area contributed by atoms with Crippen LogP contribution >= 0.6 is 11.3 Å². The minimum Gasteiger partial charge on any atom is -0.335 e. The van der Waals surface area contributed by atoms with Crippen molar-refractivity contribution in [2.24, 2.45) is 5.92 Å². The fourth-order valence-corrected chi connectivity index (χ4v) is 2.96. The van der Waals surface area contributed by atoms with E-state index < -0.39 is 0 Å². The maximum absolute atomic E-state index is 12.2. The van der Waals surface area contributed by atoms with Gasteiger partial charge < -0.3 is 4.90 Å². The quantitative estimate of drug-likeness (QED) is 0.754. The molecular weight excluding hydrogens is 206 g/mol. The lowest BCUT2D eigenvalue weighted by atomic mass is 10.0. The van der Waals surface area contributed by atoms with E-state index in [-0.39, 0.29) is 5.91 Å². The number of hydrogen-bond donors (Lipinski definition) is 0. The summed E-state index contributed by atoms with van der Waals surface area (Å²) < 4.78 is 0. The zero-order valence-corrected chi connectivity index (χ0v) is 10.1. The van der Waals surface area contributed by atoms with Gasteiger partial charge in [0.25, 0.3) is 5.91 Å². The summed E-state index contributed by atoms with van der Waals surface area (Å²) in [4.78, 5) is 15.1. The van der Waals surface area contributed by atoms with Crippen LogP contribution in [0.2, 0.25) is 0 Å². The Morgan fingerprint density at radius 2 is 2.40 bits per heavy atom. The Hall–Kier alpha value is -0.830. The molecule has 1 amide bonds. The fourth-order valence-electron chi connectivity index (χ4n) is 2.28. The van der Waals surface area contributed by atoms with E-state index in [1.54, 1.807) is 11.3 Å². The molecular formula is C12H17NOS. The van der Waals surface area contributed by atoms with Crippen molar-refractivity contribution >= 4 is 17.2 Å². The van der Waals surface area contributed by atoms with Crippen molar-refractivity contribution in [2.75, 3.05) is 6.54 Å². The molecule has 0 radical (unpaired) electrons. The zero-order chi connectivity index (χ0) is 10.8. The Kier molecular flexibility index (Phi) is 3.10. The summed E-state index contributed by atoms with van der Waals surface area (Å²) >= 11 is 1.54. The number of hydrogen-bond acceptors (Lipinski definition) is 2. The summed E-state index contributed by atoms with van der Waals surface area (Å²) in [6, 6.07) is 4.31. The molecule has 1 atom stereocenters. The number of carbonyl (C=O) groups excluding carboxylic acids is 1. The molecule has 0 saturated carbocycles. The van der Waals surface area contributed by atoms with Gasteiger partial charge in [0.05, 0.1) is 4.88 Å². The largest absolute Gasteiger partial charge is 0.335 e. The van der Waals surface area contributed by atoms with Gasteiger partial charge in [-0.15, -0.1) is 11.3 Å². The SMILES string of the molecule is CC(C)C1CCCN1C(=O)c1cccs1. The highest BCUT2D eigenvalue weighted by molar-refractivity contribution is 7.12. The van der Waals surface area contributed by atoms with Gasteiger partial charge in [-0.2, -0.15) is 0 Å². The number of amides is 1. The molecule has 1 aromatic rings. The molecule has 3 heteroatoms. The predicted octanol–water partition coefficient (Wildman–Crippen LogP) is 3.01. The van der Waals surface area contributed by atoms with E-state index in [9.17, 15) is 4.79 Å². The average Bonchev–Trinajstić information content (AvgIpc) is 2.88. The van der Waals surface area contributed by atoms with Crippen molar-refractivity contribution in [2.45, 2.75) is 32.7 Å². The van der Waals surface area contributed by atoms with Crippen LogP contribution < -0.4 is 0 Å². The third-order valence-electron chi connectivity index (χ3n) is 3.06. The fraction of sp³-hybridized carbons (Fsp3) is 0.583. The Morgan fingerprint density at radius 1 is 1.60 bits per heavy atom. The first-order valence-electron chi connectivity index (χ1n) is 5.54. The molecule has 2 heterocycles. The summed E-state index contributed by atoms with van der Waals surface area (Å²) in [5, 5.41) is 1.97. The summed E-state index contributed by atoms with van der Waals surface area (Å²) in [7, 11) is 0. The third kappa shape index (κ3) is 2.07. The molecule has 1 unspecified atom stereocenters. The molecule has 0 aliphatic carbocycles. The van der Waals surface area contributed by atoms with Crippen LogP contribution in [0.4, 0.5) is 0 Å². The van der Waals surface area contributed by atoms with E-state index in [0.717, 1.165) is 24.3 Å². The van der Waals surface area contributed by atoms with Gasteiger partial charge in [-0.1, -0.05) is 19.9 Å². The van der Waals surface area contributed by atoms with Crippen LogP contribution in [0, 0.1) is 5.92 Å². The molecule has 1 aromatic heterocycles. The van der Waals surface area contributed by atoms with Crippen molar-refractivity contribution in [1.29, 1.82) is 0 Å². The number of likely N-dealkylation sites (tertiary alicyclic amines) is 1. The van der Waals surface area contributed by atoms with Crippen LogP contribution in [0.1, 0.15) is 36.4 Å². The maximum Gasteiger partial charge on any atom is 0.264 e. The van der Waals surface area contributed by atoms with Crippen LogP contribution in [-0.4, -0.2) is 23.4 Å². The highest BCUT2D eigenvalue weighted by Gasteiger charge is 2.31. The van der Waals surface area contributed by atoms with E-state index in [4.69, 9.17) is 0 Å². The van der Waals surface area contributed by atoms with E-state index in [0.29, 0.717) is 12.0 Å². The van der Waals surface area contributed by atoms with Crippen LogP contribution in [0.15, 0.2) is 17.5 Å². The number of rotatable bonds is 2. The second-order valence-corrected chi connectivity index (χ2v) is 5.38. The highest BCUT2D eigenvalue weighted by Crippen LogP contribution is 2.26. The topological polar surface area (TPSA) is 20.3 Å². The highest BCUT2D eigenvalue weighted by atomic mass is 32.1. The Bertz CT molecular complexity index is 331. The molecule has 1 aliphatic heterocycles. The summed E-state index contributed by atoms with van der Waals surface area (Å²) in [6.07, 6.45) is 2.31. The van der Waals surface area contributed by atoms with Crippen LogP contribution in [0.25, 0.3) is 0 Å². The lowest BCUT2D eigenvalue weighted by Crippen LogP contribution is -2.38. The molecule has 1 fully saturated rings. The van der Waals surface area contributed by atoms with Crippen LogP contribution in [0.5, 0.6) is 0 Å². The summed E-state index contributed by atoms with van der Waals surface area (Å²) in [6.45, 7) is 5.33. The second-order valence-electron chi connectivity index (χ2n) is 4.43. The van der Waals surface area contributed by atoms with Crippen molar-refractivity contribution < 1.29 is 4.79 Å². The number of thiophene rings is 1. The summed E-state index contributed by atoms with van der Waals surface area (Å²) in [5.74, 6) is 0.789. The van der Waals surface area contributed by atoms with Gasteiger partial charge in [0.2, 0.25) is 0 Å². The van der Waals surface area contributed by atoms with Gasteiger partial charge in [-0.05, 0) is 30.2 Å². The van der Waals surface area contributed by atoms with E-state index in [1.807, 2.05) is 17.5 Å². The normalized spacial score (nSPS) is 21.3. The Morgan fingerprint density at radius 3 is 3.00 bits per heavy atom. The van der Waals surface area contributed by atoms with Crippen LogP contribution in [0.3, 0.4) is 0 Å². The van der Waals surface area contributed by atoms with Gasteiger partial charge in [0.1, 0.15) is 0 Å². The first-order chi connectivity index (χ1) is 7.20. The Balaban J connectivity index is 2.13. The minimum atomic E-state index is 0.223. The maximum atomic E-state index is 12.2. The van der Waals surface area contributed by atoms with Gasteiger partial charge >= 0.3 is 0 Å². The van der Waals surface area contributed by atoms with E-state index in [1.165, 1.54) is 0 Å². The minimum absolute atomic E-state index is 0.223. The molecule has 82 valence electrons. The molecule has 0 aromatic carbocycles. The molecule has 0 bridgehead atoms. The van der Waals surface area contributed by atoms with Crippen molar-refractivity contribution in [3.63, 3.8) is 0 Å². The molecule has 2 nitrogen and oxygen atoms in total. The predicted molar refractivity (Wildman–Crippen MR) is 63.2 cm³/mol. The smallest absolute Gasteiger partial charge is 0.264 e. The lowest BCUT2D eigenvalue weighted by Gasteiger charge is -2.27. The monoisotopic (exact) mass is 223 g/mol. The van der Waals surface area contributed by atoms with Gasteiger partial charge in [-0.3, -0.25) is 4.79 Å². The van der Waals surface area contributed by atoms with E-state index in [2.05, 4.69) is 18.7 Å². The van der Waals surface area contributed by atoms with E-state index >= 15 is 0 Å². The number of carbonyl (C=O) groups is 1. The average molecular weight is 223 g/mol. The van der Waals surface area contributed by atoms with Gasteiger partial charge in [0.15, 0.2) is 0 Å². The van der Waals surface area contributed by atoms with Gasteiger partial charge in [-0.25, -0.2) is 0 Å². The molecule has 1 saturated heterocycles. The van der Waals surface area contributed by atoms with Gasteiger partial charge in [0, 0.05) is 12.6 Å². The molecule has 0 N–H and O–H groups in total. The van der Waals surface area contributed by atoms with Crippen molar-refractivity contribution in [3.05, 3.63) is 22.4 Å². The Labute approximate surface area is 94.9 Å². The molecule has 15 heavy (non-hydrogen) atoms. The summed E-state index contributed by atoms with van der Waals surface area (Å²) in [5.41, 5.74) is 0. The first-order valence-corrected chi connectivity index (χ1v) is 6.42. The zero-order valence-electron chi connectivity index (χ0n) is 9.27. The number of nitrogens with zero attached hydrogens (tertiary/aromatic N) is 1. The molecule has 2 rings (SSSR count). The van der Waals surface area contributed by atoms with Crippen molar-refractivity contribution in [1.82, 2.24) is 4.90 Å².